The molecule has 1 unspecified atom stereocenters. The summed E-state index contributed by atoms with van der Waals surface area (Å²) in [6, 6.07) is 17.4. The van der Waals surface area contributed by atoms with Gasteiger partial charge in [0.1, 0.15) is 0 Å². The van der Waals surface area contributed by atoms with Crippen molar-refractivity contribution in [1.29, 1.82) is 0 Å². The minimum atomic E-state index is -0.245. The fourth-order valence-corrected chi connectivity index (χ4v) is 2.71. The lowest BCUT2D eigenvalue weighted by Gasteiger charge is -2.15. The molecule has 0 saturated carbocycles. The lowest BCUT2D eigenvalue weighted by Crippen LogP contribution is -2.27. The molecule has 3 aromatic rings. The number of rotatable bonds is 4. The molecule has 3 rings (SSSR count). The van der Waals surface area contributed by atoms with Crippen LogP contribution in [0.25, 0.3) is 10.8 Å². The minimum Gasteiger partial charge on any atom is -0.322 e. The van der Waals surface area contributed by atoms with E-state index >= 15 is 0 Å². The van der Waals surface area contributed by atoms with Crippen LogP contribution in [0.3, 0.4) is 0 Å². The molecule has 4 heteroatoms. The van der Waals surface area contributed by atoms with E-state index in [1.54, 1.807) is 0 Å². The third kappa shape index (κ3) is 2.65. The Morgan fingerprint density at radius 3 is 2.36 bits per heavy atom. The Morgan fingerprint density at radius 1 is 1.05 bits per heavy atom. The van der Waals surface area contributed by atoms with Gasteiger partial charge in [0.15, 0.2) is 0 Å². The van der Waals surface area contributed by atoms with E-state index in [0.717, 1.165) is 16.6 Å². The largest absolute Gasteiger partial charge is 0.322 e. The maximum Gasteiger partial charge on any atom is 0.274 e. The Labute approximate surface area is 129 Å². The second-order valence-electron chi connectivity index (χ2n) is 5.35. The zero-order valence-corrected chi connectivity index (χ0v) is 12.6. The molecule has 0 aliphatic heterocycles. The van der Waals surface area contributed by atoms with Gasteiger partial charge in [-0.2, -0.15) is 5.10 Å². The van der Waals surface area contributed by atoms with Crippen LogP contribution in [0.2, 0.25) is 0 Å². The molecule has 4 nitrogen and oxygen atoms in total. The Bertz CT molecular complexity index is 840. The minimum absolute atomic E-state index is 0.0613. The molecule has 1 atom stereocenters. The van der Waals surface area contributed by atoms with E-state index in [0.29, 0.717) is 18.4 Å². The molecule has 2 N–H and O–H groups in total. The van der Waals surface area contributed by atoms with Crippen LogP contribution in [0.15, 0.2) is 59.4 Å². The quantitative estimate of drug-likeness (QED) is 0.804. The molecule has 1 aromatic heterocycles. The zero-order chi connectivity index (χ0) is 15.5. The van der Waals surface area contributed by atoms with Gasteiger partial charge in [-0.25, -0.2) is 4.68 Å². The van der Waals surface area contributed by atoms with E-state index in [-0.39, 0.29) is 11.6 Å². The first-order valence-corrected chi connectivity index (χ1v) is 7.50. The molecule has 112 valence electrons. The standard InChI is InChI=1S/C18H19N3O/c1-2-21-18(22)15-11-7-6-10-14(15)17(20-21)16(19)12-13-8-4-3-5-9-13/h3-11,16H,2,12,19H2,1H3. The molecular weight excluding hydrogens is 274 g/mol. The number of hydrogen-bond donors (Lipinski definition) is 1. The molecule has 1 heterocycles. The molecule has 0 saturated heterocycles. The summed E-state index contributed by atoms with van der Waals surface area (Å²) < 4.78 is 1.49. The van der Waals surface area contributed by atoms with Gasteiger partial charge in [0.05, 0.1) is 17.1 Å². The summed E-state index contributed by atoms with van der Waals surface area (Å²) in [5, 5.41) is 6.02. The van der Waals surface area contributed by atoms with E-state index in [2.05, 4.69) is 17.2 Å². The molecule has 22 heavy (non-hydrogen) atoms. The highest BCUT2D eigenvalue weighted by atomic mass is 16.1. The monoisotopic (exact) mass is 293 g/mol. The van der Waals surface area contributed by atoms with Crippen LogP contribution in [-0.2, 0) is 13.0 Å². The fraction of sp³-hybridized carbons (Fsp3) is 0.222. The fourth-order valence-electron chi connectivity index (χ4n) is 2.71. The molecular formula is C18H19N3O. The lowest BCUT2D eigenvalue weighted by atomic mass is 10.00. The predicted molar refractivity (Wildman–Crippen MR) is 88.8 cm³/mol. The first-order valence-electron chi connectivity index (χ1n) is 7.50. The Balaban J connectivity index is 2.09. The van der Waals surface area contributed by atoms with Crippen molar-refractivity contribution in [2.24, 2.45) is 5.73 Å². The third-order valence-electron chi connectivity index (χ3n) is 3.85. The third-order valence-corrected chi connectivity index (χ3v) is 3.85. The number of aryl methyl sites for hydroxylation is 1. The van der Waals surface area contributed by atoms with Crippen LogP contribution < -0.4 is 11.3 Å². The topological polar surface area (TPSA) is 60.9 Å². The lowest BCUT2D eigenvalue weighted by molar-refractivity contribution is 0.578. The van der Waals surface area contributed by atoms with Crippen LogP contribution in [0.4, 0.5) is 0 Å². The molecule has 0 bridgehead atoms. The average molecular weight is 293 g/mol. The Morgan fingerprint density at radius 2 is 1.68 bits per heavy atom. The average Bonchev–Trinajstić information content (AvgIpc) is 2.56. The maximum absolute atomic E-state index is 12.4. The van der Waals surface area contributed by atoms with Gasteiger partial charge in [0.25, 0.3) is 5.56 Å². The summed E-state index contributed by atoms with van der Waals surface area (Å²) in [5.74, 6) is 0. The van der Waals surface area contributed by atoms with E-state index in [1.807, 2.05) is 49.4 Å². The summed E-state index contributed by atoms with van der Waals surface area (Å²) in [6.07, 6.45) is 0.694. The number of hydrogen-bond acceptors (Lipinski definition) is 3. The van der Waals surface area contributed by atoms with Gasteiger partial charge in [-0.1, -0.05) is 48.5 Å². The Kier molecular flexibility index (Phi) is 4.02. The number of benzene rings is 2. The SMILES string of the molecule is CCn1nc(C(N)Cc2ccccc2)c2ccccc2c1=O. The summed E-state index contributed by atoms with van der Waals surface area (Å²) in [4.78, 5) is 12.4. The first kappa shape index (κ1) is 14.5. The summed E-state index contributed by atoms with van der Waals surface area (Å²) in [6.45, 7) is 2.45. The van der Waals surface area contributed by atoms with Gasteiger partial charge in [-0.05, 0) is 25.0 Å². The second-order valence-corrected chi connectivity index (χ2v) is 5.35. The van der Waals surface area contributed by atoms with E-state index < -0.39 is 0 Å². The van der Waals surface area contributed by atoms with Crippen LogP contribution in [0, 0.1) is 0 Å². The molecule has 0 spiro atoms. The van der Waals surface area contributed by atoms with Crippen molar-refractivity contribution in [2.45, 2.75) is 25.9 Å². The predicted octanol–water partition coefficient (Wildman–Crippen LogP) is 2.66. The van der Waals surface area contributed by atoms with Crippen molar-refractivity contribution in [1.82, 2.24) is 9.78 Å². The summed E-state index contributed by atoms with van der Waals surface area (Å²) in [7, 11) is 0. The normalized spacial score (nSPS) is 12.5. The van der Waals surface area contributed by atoms with Crippen molar-refractivity contribution in [3.63, 3.8) is 0 Å². The summed E-state index contributed by atoms with van der Waals surface area (Å²) >= 11 is 0. The van der Waals surface area contributed by atoms with Crippen LogP contribution in [0.1, 0.15) is 24.2 Å². The van der Waals surface area contributed by atoms with Gasteiger partial charge in [0, 0.05) is 11.9 Å². The van der Waals surface area contributed by atoms with E-state index in [4.69, 9.17) is 5.73 Å². The first-order chi connectivity index (χ1) is 10.7. The van der Waals surface area contributed by atoms with Gasteiger partial charge in [-0.3, -0.25) is 4.79 Å². The summed E-state index contributed by atoms with van der Waals surface area (Å²) in [5.41, 5.74) is 8.27. The second kappa shape index (κ2) is 6.12. The van der Waals surface area contributed by atoms with Crippen molar-refractivity contribution < 1.29 is 0 Å². The molecule has 0 aliphatic carbocycles. The number of aromatic nitrogens is 2. The zero-order valence-electron chi connectivity index (χ0n) is 12.6. The van der Waals surface area contributed by atoms with Crippen molar-refractivity contribution in [3.05, 3.63) is 76.2 Å². The smallest absolute Gasteiger partial charge is 0.274 e. The van der Waals surface area contributed by atoms with Gasteiger partial charge < -0.3 is 5.73 Å². The number of nitrogens with zero attached hydrogens (tertiary/aromatic N) is 2. The highest BCUT2D eigenvalue weighted by Gasteiger charge is 2.16. The van der Waals surface area contributed by atoms with Crippen molar-refractivity contribution in [3.8, 4) is 0 Å². The molecule has 2 aromatic carbocycles. The van der Waals surface area contributed by atoms with Gasteiger partial charge in [-0.15, -0.1) is 0 Å². The molecule has 0 aliphatic rings. The molecule has 0 fully saturated rings. The van der Waals surface area contributed by atoms with Crippen LogP contribution in [0.5, 0.6) is 0 Å². The van der Waals surface area contributed by atoms with E-state index in [1.165, 1.54) is 4.68 Å². The Hall–Kier alpha value is -2.46. The van der Waals surface area contributed by atoms with Crippen molar-refractivity contribution in [2.75, 3.05) is 0 Å². The maximum atomic E-state index is 12.4. The number of nitrogens with two attached hydrogens (primary N) is 1. The highest BCUT2D eigenvalue weighted by Crippen LogP contribution is 2.21. The van der Waals surface area contributed by atoms with Crippen molar-refractivity contribution >= 4 is 10.8 Å². The van der Waals surface area contributed by atoms with Crippen LogP contribution in [-0.4, -0.2) is 9.78 Å². The van der Waals surface area contributed by atoms with Gasteiger partial charge in [0.2, 0.25) is 0 Å². The number of fused-ring (bicyclic) bond motifs is 1. The van der Waals surface area contributed by atoms with Gasteiger partial charge >= 0.3 is 0 Å². The highest BCUT2D eigenvalue weighted by molar-refractivity contribution is 5.83. The van der Waals surface area contributed by atoms with Crippen LogP contribution >= 0.6 is 0 Å². The molecule has 0 amide bonds. The van der Waals surface area contributed by atoms with E-state index in [9.17, 15) is 4.79 Å². The molecule has 0 radical (unpaired) electrons.